The molecule has 0 saturated heterocycles. The lowest BCUT2D eigenvalue weighted by molar-refractivity contribution is 0.594. The highest BCUT2D eigenvalue weighted by Gasteiger charge is 2.18. The number of aryl methyl sites for hydroxylation is 3. The van der Waals surface area contributed by atoms with Crippen LogP contribution in [0, 0.1) is 13.8 Å². The molecule has 0 saturated carbocycles. The summed E-state index contributed by atoms with van der Waals surface area (Å²) in [5, 5.41) is 13.3. The van der Waals surface area contributed by atoms with E-state index in [0.717, 1.165) is 34.4 Å². The lowest BCUT2D eigenvalue weighted by atomic mass is 10.0. The molecule has 0 unspecified atom stereocenters. The first kappa shape index (κ1) is 17.3. The Hall–Kier alpha value is -3.81. The monoisotopic (exact) mass is 385 g/mol. The Morgan fingerprint density at radius 3 is 2.41 bits per heavy atom. The lowest BCUT2D eigenvalue weighted by Crippen LogP contribution is -2.27. The molecule has 4 heterocycles. The molecule has 8 nitrogen and oxygen atoms in total. The molecule has 29 heavy (non-hydrogen) atoms. The summed E-state index contributed by atoms with van der Waals surface area (Å²) in [6.07, 6.45) is 4.13. The first-order valence-corrected chi connectivity index (χ1v) is 9.47. The fraction of sp³-hybridized carbons (Fsp3) is 0.190. The molecule has 0 N–H and O–H groups in total. The van der Waals surface area contributed by atoms with Gasteiger partial charge in [-0.15, -0.1) is 10.2 Å². The summed E-state index contributed by atoms with van der Waals surface area (Å²) < 4.78 is 4.96. The zero-order valence-electron chi connectivity index (χ0n) is 16.4. The van der Waals surface area contributed by atoms with Crippen LogP contribution in [0.15, 0.2) is 53.6 Å². The van der Waals surface area contributed by atoms with Crippen LogP contribution in [-0.2, 0) is 6.42 Å². The van der Waals surface area contributed by atoms with Gasteiger partial charge in [-0.25, -0.2) is 18.9 Å². The number of nitrogens with zero attached hydrogens (tertiary/aromatic N) is 7. The van der Waals surface area contributed by atoms with Crippen molar-refractivity contribution in [2.75, 3.05) is 0 Å². The molecule has 0 radical (unpaired) electrons. The van der Waals surface area contributed by atoms with E-state index in [2.05, 4.69) is 34.2 Å². The largest absolute Gasteiger partial charge is 0.280 e. The van der Waals surface area contributed by atoms with Crippen LogP contribution in [0.3, 0.4) is 0 Å². The Labute approximate surface area is 166 Å². The molecule has 0 aliphatic heterocycles. The molecule has 0 aliphatic carbocycles. The van der Waals surface area contributed by atoms with Crippen LogP contribution in [0.2, 0.25) is 0 Å². The maximum Gasteiger partial charge on any atom is 0.280 e. The van der Waals surface area contributed by atoms with E-state index in [0.29, 0.717) is 17.0 Å². The predicted molar refractivity (Wildman–Crippen MR) is 110 cm³/mol. The molecular weight excluding hydrogens is 366 g/mol. The summed E-state index contributed by atoms with van der Waals surface area (Å²) >= 11 is 0. The topological polar surface area (TPSA) is 82.9 Å². The Balaban J connectivity index is 1.82. The lowest BCUT2D eigenvalue weighted by Gasteiger charge is -2.11. The molecule has 4 aromatic heterocycles. The summed E-state index contributed by atoms with van der Waals surface area (Å²) in [6, 6.07) is 12.0. The van der Waals surface area contributed by atoms with Crippen molar-refractivity contribution >= 4 is 16.6 Å². The van der Waals surface area contributed by atoms with E-state index in [4.69, 9.17) is 5.10 Å². The number of fused-ring (bicyclic) bond motifs is 3. The van der Waals surface area contributed by atoms with Crippen LogP contribution < -0.4 is 5.56 Å². The van der Waals surface area contributed by atoms with Gasteiger partial charge in [0.05, 0.1) is 16.6 Å². The number of hydrogen-bond acceptors (Lipinski definition) is 5. The molecule has 0 bridgehead atoms. The van der Waals surface area contributed by atoms with Crippen molar-refractivity contribution in [3.63, 3.8) is 0 Å². The van der Waals surface area contributed by atoms with Gasteiger partial charge in [0.25, 0.3) is 5.56 Å². The smallest absolute Gasteiger partial charge is 0.267 e. The second kappa shape index (κ2) is 6.37. The van der Waals surface area contributed by atoms with Gasteiger partial charge in [-0.2, -0.15) is 5.10 Å². The molecule has 0 spiro atoms. The minimum atomic E-state index is -0.197. The second-order valence-corrected chi connectivity index (χ2v) is 6.91. The highest BCUT2D eigenvalue weighted by molar-refractivity contribution is 5.86. The normalized spacial score (nSPS) is 11.6. The SMILES string of the molecule is CCc1nn2c(ncc3c(=O)n(-n4c(C)nnc4C)ccc32)c1-c1ccccc1. The number of hydrogen-bond donors (Lipinski definition) is 0. The summed E-state index contributed by atoms with van der Waals surface area (Å²) in [5.41, 5.74) is 4.29. The number of rotatable bonds is 3. The average molecular weight is 385 g/mol. The van der Waals surface area contributed by atoms with E-state index >= 15 is 0 Å². The third-order valence-corrected chi connectivity index (χ3v) is 5.13. The summed E-state index contributed by atoms with van der Waals surface area (Å²) in [6.45, 7) is 5.69. The molecule has 0 amide bonds. The second-order valence-electron chi connectivity index (χ2n) is 6.91. The van der Waals surface area contributed by atoms with Gasteiger partial charge in [-0.3, -0.25) is 4.79 Å². The Bertz CT molecular complexity index is 1410. The van der Waals surface area contributed by atoms with Gasteiger partial charge >= 0.3 is 0 Å². The molecule has 0 atom stereocenters. The fourth-order valence-electron chi connectivity index (χ4n) is 3.78. The standard InChI is InChI=1S/C21H19N7O/c1-4-17-19(15-8-6-5-7-9-15)20-22-12-16-18(27(20)25-17)10-11-26(21(16)29)28-13(2)23-24-14(28)3/h5-12H,4H2,1-3H3. The van der Waals surface area contributed by atoms with Crippen molar-refractivity contribution in [2.45, 2.75) is 27.2 Å². The maximum absolute atomic E-state index is 13.2. The molecule has 5 rings (SSSR count). The van der Waals surface area contributed by atoms with Crippen molar-refractivity contribution in [1.29, 1.82) is 0 Å². The number of benzene rings is 1. The van der Waals surface area contributed by atoms with Gasteiger partial charge in [0.15, 0.2) is 5.65 Å². The Morgan fingerprint density at radius 2 is 1.72 bits per heavy atom. The molecular formula is C21H19N7O. The van der Waals surface area contributed by atoms with Gasteiger partial charge in [0, 0.05) is 18.0 Å². The zero-order chi connectivity index (χ0) is 20.1. The van der Waals surface area contributed by atoms with E-state index in [1.165, 1.54) is 4.68 Å². The van der Waals surface area contributed by atoms with Gasteiger partial charge in [-0.1, -0.05) is 37.3 Å². The van der Waals surface area contributed by atoms with E-state index in [1.807, 2.05) is 38.1 Å². The quantitative estimate of drug-likeness (QED) is 0.477. The minimum Gasteiger partial charge on any atom is -0.267 e. The zero-order valence-corrected chi connectivity index (χ0v) is 16.4. The van der Waals surface area contributed by atoms with Crippen molar-refractivity contribution in [3.8, 4) is 11.1 Å². The highest BCUT2D eigenvalue weighted by atomic mass is 16.1. The van der Waals surface area contributed by atoms with Crippen LogP contribution in [0.4, 0.5) is 0 Å². The molecule has 0 aliphatic rings. The molecule has 5 aromatic rings. The Kier molecular flexibility index (Phi) is 3.80. The van der Waals surface area contributed by atoms with E-state index in [-0.39, 0.29) is 5.56 Å². The first-order chi connectivity index (χ1) is 14.1. The summed E-state index contributed by atoms with van der Waals surface area (Å²) in [4.78, 5) is 17.8. The van der Waals surface area contributed by atoms with Gasteiger partial charge in [-0.05, 0) is 31.9 Å². The molecule has 1 aromatic carbocycles. The van der Waals surface area contributed by atoms with Crippen molar-refractivity contribution in [1.82, 2.24) is 34.1 Å². The van der Waals surface area contributed by atoms with Gasteiger partial charge in [0.1, 0.15) is 11.6 Å². The maximum atomic E-state index is 13.2. The highest BCUT2D eigenvalue weighted by Crippen LogP contribution is 2.29. The van der Waals surface area contributed by atoms with E-state index in [9.17, 15) is 4.79 Å². The molecule has 0 fully saturated rings. The third kappa shape index (κ3) is 2.49. The van der Waals surface area contributed by atoms with E-state index < -0.39 is 0 Å². The summed E-state index contributed by atoms with van der Waals surface area (Å²) in [5.74, 6) is 1.27. The Morgan fingerprint density at radius 1 is 1.00 bits per heavy atom. The number of pyridine rings is 1. The van der Waals surface area contributed by atoms with Crippen LogP contribution in [0.25, 0.3) is 27.7 Å². The summed E-state index contributed by atoms with van der Waals surface area (Å²) in [7, 11) is 0. The molecule has 144 valence electrons. The van der Waals surface area contributed by atoms with Crippen LogP contribution in [0.1, 0.15) is 24.3 Å². The van der Waals surface area contributed by atoms with Crippen LogP contribution in [-0.4, -0.2) is 34.1 Å². The van der Waals surface area contributed by atoms with Crippen molar-refractivity contribution in [2.24, 2.45) is 0 Å². The van der Waals surface area contributed by atoms with Crippen molar-refractivity contribution < 1.29 is 0 Å². The van der Waals surface area contributed by atoms with Gasteiger partial charge in [0.2, 0.25) is 0 Å². The number of aromatic nitrogens is 7. The minimum absolute atomic E-state index is 0.197. The fourth-order valence-corrected chi connectivity index (χ4v) is 3.78. The van der Waals surface area contributed by atoms with E-state index in [1.54, 1.807) is 21.6 Å². The van der Waals surface area contributed by atoms with Crippen LogP contribution >= 0.6 is 0 Å². The van der Waals surface area contributed by atoms with Gasteiger partial charge < -0.3 is 0 Å². The molecule has 8 heteroatoms. The first-order valence-electron chi connectivity index (χ1n) is 9.47. The van der Waals surface area contributed by atoms with Crippen molar-refractivity contribution in [3.05, 3.63) is 76.5 Å². The average Bonchev–Trinajstić information content (AvgIpc) is 3.29. The third-order valence-electron chi connectivity index (χ3n) is 5.13. The van der Waals surface area contributed by atoms with Crippen LogP contribution in [0.5, 0.6) is 0 Å². The predicted octanol–water partition coefficient (Wildman–Crippen LogP) is 2.79.